The van der Waals surface area contributed by atoms with E-state index in [4.69, 9.17) is 0 Å². The molecule has 4 aromatic rings. The second-order valence-corrected chi connectivity index (χ2v) is 7.75. The van der Waals surface area contributed by atoms with Crippen LogP contribution in [0.2, 0.25) is 0 Å². The molecular weight excluding hydrogens is 386 g/mol. The molecule has 0 saturated carbocycles. The fraction of sp³-hybridized carbons (Fsp3) is 0.200. The number of anilines is 2. The minimum Gasteiger partial charge on any atom is -0.341 e. The molecule has 6 nitrogen and oxygen atoms in total. The minimum atomic E-state index is -0.0150. The monoisotopic (exact) mass is 411 g/mol. The van der Waals surface area contributed by atoms with Gasteiger partial charge in [0.15, 0.2) is 5.43 Å². The summed E-state index contributed by atoms with van der Waals surface area (Å²) >= 11 is 0. The third-order valence-electron chi connectivity index (χ3n) is 5.65. The molecule has 31 heavy (non-hydrogen) atoms. The fourth-order valence-corrected chi connectivity index (χ4v) is 4.14. The molecule has 0 radical (unpaired) electrons. The molecule has 2 aromatic carbocycles. The molecule has 1 saturated heterocycles. The molecule has 6 heteroatoms. The molecule has 0 bridgehead atoms. The van der Waals surface area contributed by atoms with Crippen molar-refractivity contribution in [2.24, 2.45) is 0 Å². The van der Waals surface area contributed by atoms with E-state index in [1.165, 1.54) is 0 Å². The van der Waals surface area contributed by atoms with Crippen LogP contribution in [0.15, 0.2) is 83.8 Å². The van der Waals surface area contributed by atoms with Gasteiger partial charge in [-0.25, -0.2) is 4.98 Å². The van der Waals surface area contributed by atoms with Gasteiger partial charge < -0.3 is 10.6 Å². The van der Waals surface area contributed by atoms with E-state index < -0.39 is 0 Å². The first kappa shape index (κ1) is 19.5. The third kappa shape index (κ3) is 4.08. The van der Waals surface area contributed by atoms with Gasteiger partial charge in [-0.1, -0.05) is 36.4 Å². The molecule has 1 aliphatic heterocycles. The summed E-state index contributed by atoms with van der Waals surface area (Å²) in [5.74, 6) is 0.696. The number of rotatable bonds is 5. The Bertz CT molecular complexity index is 1230. The summed E-state index contributed by atoms with van der Waals surface area (Å²) in [5, 5.41) is 7.48. The van der Waals surface area contributed by atoms with Gasteiger partial charge in [0, 0.05) is 56.4 Å². The topological polar surface area (TPSA) is 62.2 Å². The molecule has 156 valence electrons. The van der Waals surface area contributed by atoms with Crippen LogP contribution in [0.4, 0.5) is 11.5 Å². The number of nitrogens with one attached hydrogen (secondary N) is 2. The molecule has 0 atom stereocenters. The third-order valence-corrected chi connectivity index (χ3v) is 5.65. The van der Waals surface area contributed by atoms with Crippen LogP contribution in [0.5, 0.6) is 0 Å². The predicted octanol–water partition coefficient (Wildman–Crippen LogP) is 3.53. The van der Waals surface area contributed by atoms with Crippen molar-refractivity contribution in [1.29, 1.82) is 0 Å². The average molecular weight is 412 g/mol. The summed E-state index contributed by atoms with van der Waals surface area (Å²) in [6, 6.07) is 23.6. The van der Waals surface area contributed by atoms with E-state index in [-0.39, 0.29) is 5.43 Å². The van der Waals surface area contributed by atoms with Crippen LogP contribution in [-0.2, 0) is 6.54 Å². The lowest BCUT2D eigenvalue weighted by molar-refractivity contribution is 0.234. The highest BCUT2D eigenvalue weighted by molar-refractivity contribution is 5.83. The first-order chi connectivity index (χ1) is 15.3. The molecule has 0 unspecified atom stereocenters. The van der Waals surface area contributed by atoms with E-state index in [9.17, 15) is 4.79 Å². The smallest absolute Gasteiger partial charge is 0.193 e. The number of benzene rings is 2. The molecule has 5 rings (SSSR count). The summed E-state index contributed by atoms with van der Waals surface area (Å²) in [6.07, 6.45) is 1.81. The van der Waals surface area contributed by atoms with Crippen molar-refractivity contribution in [3.05, 3.63) is 94.8 Å². The van der Waals surface area contributed by atoms with Crippen LogP contribution < -0.4 is 16.1 Å². The second kappa shape index (κ2) is 8.71. The van der Waals surface area contributed by atoms with Crippen molar-refractivity contribution in [3.8, 4) is 5.69 Å². The van der Waals surface area contributed by atoms with Gasteiger partial charge in [-0.3, -0.25) is 14.3 Å². The Morgan fingerprint density at radius 1 is 0.935 bits per heavy atom. The van der Waals surface area contributed by atoms with Crippen LogP contribution in [-0.4, -0.2) is 40.6 Å². The van der Waals surface area contributed by atoms with Crippen molar-refractivity contribution in [2.45, 2.75) is 6.54 Å². The van der Waals surface area contributed by atoms with Gasteiger partial charge in [0.1, 0.15) is 11.5 Å². The Labute approximate surface area is 181 Å². The van der Waals surface area contributed by atoms with Gasteiger partial charge in [-0.2, -0.15) is 0 Å². The van der Waals surface area contributed by atoms with Crippen LogP contribution >= 0.6 is 0 Å². The highest BCUT2D eigenvalue weighted by Crippen LogP contribution is 2.26. The molecule has 2 N–H and O–H groups in total. The van der Waals surface area contributed by atoms with Gasteiger partial charge in [-0.15, -0.1) is 0 Å². The SMILES string of the molecule is O=c1cc(Nc2ccccc2)n(-c2ccccc2)c2nccc(CN3CCNCC3)c12. The summed E-state index contributed by atoms with van der Waals surface area (Å²) in [4.78, 5) is 20.4. The maximum absolute atomic E-state index is 13.3. The number of pyridine rings is 2. The van der Waals surface area contributed by atoms with Crippen molar-refractivity contribution in [3.63, 3.8) is 0 Å². The lowest BCUT2D eigenvalue weighted by Crippen LogP contribution is -2.43. The van der Waals surface area contributed by atoms with Gasteiger partial charge in [0.25, 0.3) is 0 Å². The Morgan fingerprint density at radius 2 is 1.65 bits per heavy atom. The molecule has 1 fully saturated rings. The Morgan fingerprint density at radius 3 is 2.39 bits per heavy atom. The zero-order valence-electron chi connectivity index (χ0n) is 17.3. The van der Waals surface area contributed by atoms with Crippen LogP contribution in [0.1, 0.15) is 5.56 Å². The standard InChI is InChI=1S/C25H25N5O/c31-22-17-23(28-20-7-3-1-4-8-20)30(21-9-5-2-6-10-21)25-24(22)19(11-12-27-25)18-29-15-13-26-14-16-29/h1-12,17,26,28H,13-16,18H2. The average Bonchev–Trinajstić information content (AvgIpc) is 2.81. The van der Waals surface area contributed by atoms with E-state index in [2.05, 4.69) is 20.5 Å². The van der Waals surface area contributed by atoms with Crippen LogP contribution in [0, 0.1) is 0 Å². The number of fused-ring (bicyclic) bond motifs is 1. The molecule has 1 aliphatic rings. The van der Waals surface area contributed by atoms with Gasteiger partial charge in [-0.05, 0) is 35.9 Å². The summed E-state index contributed by atoms with van der Waals surface area (Å²) in [6.45, 7) is 4.65. The Kier molecular flexibility index (Phi) is 5.48. The number of hydrogen-bond donors (Lipinski definition) is 2. The van der Waals surface area contributed by atoms with Crippen molar-refractivity contribution in [2.75, 3.05) is 31.5 Å². The molecule has 3 heterocycles. The van der Waals surface area contributed by atoms with Crippen LogP contribution in [0.25, 0.3) is 16.7 Å². The maximum atomic E-state index is 13.3. The van der Waals surface area contributed by atoms with Crippen molar-refractivity contribution >= 4 is 22.5 Å². The van der Waals surface area contributed by atoms with E-state index in [1.807, 2.05) is 77.5 Å². The zero-order chi connectivity index (χ0) is 21.0. The molecule has 2 aromatic heterocycles. The predicted molar refractivity (Wildman–Crippen MR) is 125 cm³/mol. The summed E-state index contributed by atoms with van der Waals surface area (Å²) < 4.78 is 2.03. The lowest BCUT2D eigenvalue weighted by Gasteiger charge is -2.27. The van der Waals surface area contributed by atoms with Crippen molar-refractivity contribution < 1.29 is 0 Å². The van der Waals surface area contributed by atoms with E-state index >= 15 is 0 Å². The van der Waals surface area contributed by atoms with Crippen molar-refractivity contribution in [1.82, 2.24) is 19.8 Å². The Balaban J connectivity index is 1.68. The number of para-hydroxylation sites is 2. The van der Waals surface area contributed by atoms with Gasteiger partial charge >= 0.3 is 0 Å². The normalized spacial score (nSPS) is 14.6. The molecular formula is C25H25N5O. The number of hydrogen-bond acceptors (Lipinski definition) is 5. The van der Waals surface area contributed by atoms with E-state index in [0.29, 0.717) is 16.9 Å². The minimum absolute atomic E-state index is 0.0150. The summed E-state index contributed by atoms with van der Waals surface area (Å²) in [5.41, 5.74) is 3.55. The number of aromatic nitrogens is 2. The van der Waals surface area contributed by atoms with Gasteiger partial charge in [0.05, 0.1) is 5.39 Å². The number of nitrogens with zero attached hydrogens (tertiary/aromatic N) is 3. The Hall–Kier alpha value is -3.48. The zero-order valence-corrected chi connectivity index (χ0v) is 17.3. The lowest BCUT2D eigenvalue weighted by atomic mass is 10.1. The number of piperazine rings is 1. The highest BCUT2D eigenvalue weighted by Gasteiger charge is 2.18. The highest BCUT2D eigenvalue weighted by atomic mass is 16.1. The first-order valence-corrected chi connectivity index (χ1v) is 10.6. The quantitative estimate of drug-likeness (QED) is 0.526. The molecule has 0 amide bonds. The molecule has 0 aliphatic carbocycles. The van der Waals surface area contributed by atoms with Crippen LogP contribution in [0.3, 0.4) is 0 Å². The first-order valence-electron chi connectivity index (χ1n) is 10.6. The van der Waals surface area contributed by atoms with E-state index in [0.717, 1.165) is 49.7 Å². The summed E-state index contributed by atoms with van der Waals surface area (Å²) in [7, 11) is 0. The largest absolute Gasteiger partial charge is 0.341 e. The van der Waals surface area contributed by atoms with E-state index in [1.54, 1.807) is 6.07 Å². The molecule has 0 spiro atoms. The maximum Gasteiger partial charge on any atom is 0.193 e. The van der Waals surface area contributed by atoms with Gasteiger partial charge in [0.2, 0.25) is 0 Å². The fourth-order valence-electron chi connectivity index (χ4n) is 4.14. The second-order valence-electron chi connectivity index (χ2n) is 7.75.